The number of hydrogen-bond acceptors (Lipinski definition) is 2. The number of benzene rings is 1. The van der Waals surface area contributed by atoms with Crippen LogP contribution in [-0.4, -0.2) is 22.0 Å². The molecule has 4 unspecified atom stereocenters. The Balaban J connectivity index is 2.02. The lowest BCUT2D eigenvalue weighted by molar-refractivity contribution is 0.438. The molecule has 112 valence electrons. The Morgan fingerprint density at radius 3 is 2.45 bits per heavy atom. The summed E-state index contributed by atoms with van der Waals surface area (Å²) in [6.45, 7) is 9.62. The Morgan fingerprint density at radius 2 is 1.85 bits per heavy atom. The summed E-state index contributed by atoms with van der Waals surface area (Å²) in [5, 5.41) is 3.87. The normalized spacial score (nSPS) is 27.7. The summed E-state index contributed by atoms with van der Waals surface area (Å²) in [6.07, 6.45) is 2.26. The Morgan fingerprint density at radius 1 is 1.20 bits per heavy atom. The standard InChI is InChI=1S/C17H27NOS/c1-5-18-16-6-7-17(14(16)4)20(19)11-15-9-12(2)8-13(3)10-15/h8-10,14,16-18H,5-7,11H2,1-4H3. The first-order chi connectivity index (χ1) is 9.51. The highest BCUT2D eigenvalue weighted by Crippen LogP contribution is 2.31. The molecule has 0 heterocycles. The van der Waals surface area contributed by atoms with Crippen molar-refractivity contribution < 1.29 is 4.21 Å². The van der Waals surface area contributed by atoms with Gasteiger partial charge in [0.2, 0.25) is 0 Å². The van der Waals surface area contributed by atoms with Crippen molar-refractivity contribution in [2.75, 3.05) is 6.54 Å². The molecule has 20 heavy (non-hydrogen) atoms. The van der Waals surface area contributed by atoms with Gasteiger partial charge in [-0.1, -0.05) is 43.2 Å². The second kappa shape index (κ2) is 6.86. The van der Waals surface area contributed by atoms with Crippen LogP contribution in [0.25, 0.3) is 0 Å². The van der Waals surface area contributed by atoms with Crippen molar-refractivity contribution in [3.05, 3.63) is 34.9 Å². The number of rotatable bonds is 5. The first-order valence-corrected chi connectivity index (χ1v) is 9.07. The third kappa shape index (κ3) is 3.70. The van der Waals surface area contributed by atoms with Gasteiger partial charge in [-0.2, -0.15) is 0 Å². The summed E-state index contributed by atoms with van der Waals surface area (Å²) >= 11 is 0. The zero-order chi connectivity index (χ0) is 14.7. The molecule has 0 saturated heterocycles. The van der Waals surface area contributed by atoms with Gasteiger partial charge in [-0.05, 0) is 44.7 Å². The number of nitrogens with one attached hydrogen (secondary N) is 1. The SMILES string of the molecule is CCNC1CCC(S(=O)Cc2cc(C)cc(C)c2)C1C. The quantitative estimate of drug-likeness (QED) is 0.902. The van der Waals surface area contributed by atoms with Crippen molar-refractivity contribution in [2.24, 2.45) is 5.92 Å². The van der Waals surface area contributed by atoms with Crippen molar-refractivity contribution in [3.63, 3.8) is 0 Å². The highest BCUT2D eigenvalue weighted by molar-refractivity contribution is 7.84. The third-order valence-corrected chi connectivity index (χ3v) is 6.34. The molecule has 0 spiro atoms. The molecule has 1 N–H and O–H groups in total. The highest BCUT2D eigenvalue weighted by atomic mass is 32.2. The Labute approximate surface area is 125 Å². The van der Waals surface area contributed by atoms with Crippen LogP contribution in [0.1, 0.15) is 43.4 Å². The van der Waals surface area contributed by atoms with Crippen molar-refractivity contribution in [1.82, 2.24) is 5.32 Å². The van der Waals surface area contributed by atoms with E-state index < -0.39 is 10.8 Å². The molecule has 1 saturated carbocycles. The fourth-order valence-electron chi connectivity index (χ4n) is 3.47. The Kier molecular flexibility index (Phi) is 5.39. The predicted molar refractivity (Wildman–Crippen MR) is 87.4 cm³/mol. The van der Waals surface area contributed by atoms with Gasteiger partial charge in [0.05, 0.1) is 0 Å². The van der Waals surface area contributed by atoms with Crippen LogP contribution in [0.4, 0.5) is 0 Å². The lowest BCUT2D eigenvalue weighted by Gasteiger charge is -2.21. The molecule has 1 aliphatic carbocycles. The van der Waals surface area contributed by atoms with E-state index in [1.165, 1.54) is 16.7 Å². The minimum atomic E-state index is -0.757. The minimum Gasteiger partial charge on any atom is -0.314 e. The Hall–Kier alpha value is -0.670. The van der Waals surface area contributed by atoms with Crippen molar-refractivity contribution in [3.8, 4) is 0 Å². The van der Waals surface area contributed by atoms with Crippen LogP contribution >= 0.6 is 0 Å². The lowest BCUT2D eigenvalue weighted by Crippen LogP contribution is -2.35. The predicted octanol–water partition coefficient (Wildman–Crippen LogP) is 3.33. The van der Waals surface area contributed by atoms with E-state index in [9.17, 15) is 4.21 Å². The molecule has 2 nitrogen and oxygen atoms in total. The molecule has 4 atom stereocenters. The summed E-state index contributed by atoms with van der Waals surface area (Å²) in [7, 11) is -0.757. The summed E-state index contributed by atoms with van der Waals surface area (Å²) < 4.78 is 12.7. The topological polar surface area (TPSA) is 29.1 Å². The fraction of sp³-hybridized carbons (Fsp3) is 0.647. The van der Waals surface area contributed by atoms with E-state index in [1.54, 1.807) is 0 Å². The van der Waals surface area contributed by atoms with Gasteiger partial charge in [0, 0.05) is 27.8 Å². The molecular formula is C17H27NOS. The average molecular weight is 293 g/mol. The van der Waals surface area contributed by atoms with Crippen LogP contribution in [0.2, 0.25) is 0 Å². The Bertz CT molecular complexity index is 466. The van der Waals surface area contributed by atoms with Gasteiger partial charge in [-0.15, -0.1) is 0 Å². The maximum atomic E-state index is 12.7. The second-order valence-corrected chi connectivity index (χ2v) is 7.82. The average Bonchev–Trinajstić information content (AvgIpc) is 2.70. The number of aryl methyl sites for hydroxylation is 2. The zero-order valence-corrected chi connectivity index (χ0v) is 13.9. The molecule has 1 aromatic carbocycles. The maximum Gasteiger partial charge on any atom is 0.0488 e. The lowest BCUT2D eigenvalue weighted by atomic mass is 10.1. The second-order valence-electron chi connectivity index (χ2n) is 6.16. The highest BCUT2D eigenvalue weighted by Gasteiger charge is 2.35. The van der Waals surface area contributed by atoms with E-state index in [-0.39, 0.29) is 0 Å². The molecule has 2 rings (SSSR count). The van der Waals surface area contributed by atoms with E-state index in [1.807, 2.05) is 0 Å². The molecule has 1 fully saturated rings. The summed E-state index contributed by atoms with van der Waals surface area (Å²) in [5.41, 5.74) is 3.75. The fourth-order valence-corrected chi connectivity index (χ4v) is 5.25. The molecule has 0 radical (unpaired) electrons. The zero-order valence-electron chi connectivity index (χ0n) is 13.1. The molecule has 0 aromatic heterocycles. The molecule has 0 aliphatic heterocycles. The van der Waals surface area contributed by atoms with E-state index in [0.29, 0.717) is 23.0 Å². The van der Waals surface area contributed by atoms with E-state index in [4.69, 9.17) is 0 Å². The maximum absolute atomic E-state index is 12.7. The molecular weight excluding hydrogens is 266 g/mol. The molecule has 1 aromatic rings. The monoisotopic (exact) mass is 293 g/mol. The van der Waals surface area contributed by atoms with E-state index in [0.717, 1.165) is 19.4 Å². The van der Waals surface area contributed by atoms with Gasteiger partial charge < -0.3 is 5.32 Å². The first kappa shape index (κ1) is 15.7. The van der Waals surface area contributed by atoms with Crippen molar-refractivity contribution >= 4 is 10.8 Å². The molecule has 0 bridgehead atoms. The van der Waals surface area contributed by atoms with Crippen LogP contribution in [0.3, 0.4) is 0 Å². The van der Waals surface area contributed by atoms with Crippen LogP contribution < -0.4 is 5.32 Å². The van der Waals surface area contributed by atoms with Gasteiger partial charge in [0.15, 0.2) is 0 Å². The summed E-state index contributed by atoms with van der Waals surface area (Å²) in [5.74, 6) is 1.22. The largest absolute Gasteiger partial charge is 0.314 e. The first-order valence-electron chi connectivity index (χ1n) is 7.69. The van der Waals surface area contributed by atoms with Gasteiger partial charge >= 0.3 is 0 Å². The van der Waals surface area contributed by atoms with Crippen LogP contribution in [0.5, 0.6) is 0 Å². The third-order valence-electron chi connectivity index (χ3n) is 4.38. The summed E-state index contributed by atoms with van der Waals surface area (Å²) in [4.78, 5) is 0. The van der Waals surface area contributed by atoms with Crippen LogP contribution in [-0.2, 0) is 16.6 Å². The van der Waals surface area contributed by atoms with Gasteiger partial charge in [-0.3, -0.25) is 4.21 Å². The van der Waals surface area contributed by atoms with Crippen LogP contribution in [0, 0.1) is 19.8 Å². The molecule has 3 heteroatoms. The summed E-state index contributed by atoms with van der Waals surface area (Å²) in [6, 6.07) is 7.07. The van der Waals surface area contributed by atoms with Crippen molar-refractivity contribution in [1.29, 1.82) is 0 Å². The van der Waals surface area contributed by atoms with Gasteiger partial charge in [0.1, 0.15) is 0 Å². The smallest absolute Gasteiger partial charge is 0.0488 e. The molecule has 1 aliphatic rings. The van der Waals surface area contributed by atoms with Crippen LogP contribution in [0.15, 0.2) is 18.2 Å². The van der Waals surface area contributed by atoms with Gasteiger partial charge in [0.25, 0.3) is 0 Å². The van der Waals surface area contributed by atoms with Crippen molar-refractivity contribution in [2.45, 2.75) is 57.6 Å². The van der Waals surface area contributed by atoms with E-state index >= 15 is 0 Å². The molecule has 0 amide bonds. The minimum absolute atomic E-state index is 0.347. The van der Waals surface area contributed by atoms with E-state index in [2.05, 4.69) is 51.2 Å². The number of hydrogen-bond donors (Lipinski definition) is 1. The van der Waals surface area contributed by atoms with Gasteiger partial charge in [-0.25, -0.2) is 0 Å².